The van der Waals surface area contributed by atoms with Crippen LogP contribution < -0.4 is 5.32 Å². The molecular weight excluding hydrogens is 216 g/mol. The average molecular weight is 229 g/mol. The maximum Gasteiger partial charge on any atom is 0.269 e. The molecule has 1 amide bonds. The molecule has 0 radical (unpaired) electrons. The molecule has 1 unspecified atom stereocenters. The number of aromatic nitrogens is 1. The summed E-state index contributed by atoms with van der Waals surface area (Å²) < 4.78 is 0. The Labute approximate surface area is 93.3 Å². The van der Waals surface area contributed by atoms with Crippen LogP contribution >= 0.6 is 11.6 Å². The normalized spacial score (nSPS) is 12.2. The van der Waals surface area contributed by atoms with Crippen molar-refractivity contribution in [2.24, 2.45) is 0 Å². The Hall–Kier alpha value is -1.13. The topological polar surface area (TPSA) is 62.2 Å². The largest absolute Gasteiger partial charge is 0.393 e. The number of carbonyl (C=O) groups is 1. The van der Waals surface area contributed by atoms with Crippen LogP contribution in [0.3, 0.4) is 0 Å². The molecule has 0 spiro atoms. The van der Waals surface area contributed by atoms with E-state index in [0.29, 0.717) is 18.0 Å². The number of aliphatic hydroxyl groups is 1. The van der Waals surface area contributed by atoms with Crippen LogP contribution in [-0.4, -0.2) is 28.6 Å². The van der Waals surface area contributed by atoms with Crippen LogP contribution in [0.15, 0.2) is 18.3 Å². The van der Waals surface area contributed by atoms with Crippen molar-refractivity contribution >= 4 is 17.5 Å². The maximum atomic E-state index is 11.5. The summed E-state index contributed by atoms with van der Waals surface area (Å²) in [5.74, 6) is -0.279. The third-order valence-corrected chi connectivity index (χ3v) is 2.04. The zero-order valence-electron chi connectivity index (χ0n) is 8.40. The second kappa shape index (κ2) is 5.68. The van der Waals surface area contributed by atoms with E-state index in [1.807, 2.05) is 0 Å². The summed E-state index contributed by atoms with van der Waals surface area (Å²) in [4.78, 5) is 15.3. The molecule has 1 atom stereocenters. The Bertz CT molecular complexity index is 342. The minimum absolute atomic E-state index is 0.279. The number of hydrogen-bond acceptors (Lipinski definition) is 3. The fourth-order valence-electron chi connectivity index (χ4n) is 1.01. The molecular formula is C10H13ClN2O2. The first-order valence-electron chi connectivity index (χ1n) is 4.67. The summed E-state index contributed by atoms with van der Waals surface area (Å²) in [5, 5.41) is 12.1. The first-order valence-corrected chi connectivity index (χ1v) is 5.05. The van der Waals surface area contributed by atoms with E-state index in [4.69, 9.17) is 16.7 Å². The summed E-state index contributed by atoms with van der Waals surface area (Å²) >= 11 is 5.71. The first kappa shape index (κ1) is 11.9. The molecule has 0 fully saturated rings. The van der Waals surface area contributed by atoms with E-state index >= 15 is 0 Å². The summed E-state index contributed by atoms with van der Waals surface area (Å²) in [5.41, 5.74) is 0.285. The molecule has 1 aromatic heterocycles. The molecule has 0 aliphatic carbocycles. The summed E-state index contributed by atoms with van der Waals surface area (Å²) in [6.45, 7) is 2.09. The molecule has 1 rings (SSSR count). The van der Waals surface area contributed by atoms with Crippen LogP contribution in [0.2, 0.25) is 5.02 Å². The van der Waals surface area contributed by atoms with E-state index in [1.165, 1.54) is 12.3 Å². The van der Waals surface area contributed by atoms with Crippen molar-refractivity contribution in [2.75, 3.05) is 6.54 Å². The minimum Gasteiger partial charge on any atom is -0.393 e. The predicted molar refractivity (Wildman–Crippen MR) is 57.9 cm³/mol. The second-order valence-corrected chi connectivity index (χ2v) is 3.69. The van der Waals surface area contributed by atoms with E-state index in [-0.39, 0.29) is 11.6 Å². The van der Waals surface area contributed by atoms with Gasteiger partial charge in [0.2, 0.25) is 0 Å². The molecule has 0 aromatic carbocycles. The molecule has 0 aliphatic heterocycles. The van der Waals surface area contributed by atoms with Crippen LogP contribution in [0.1, 0.15) is 23.8 Å². The summed E-state index contributed by atoms with van der Waals surface area (Å²) in [7, 11) is 0. The van der Waals surface area contributed by atoms with E-state index < -0.39 is 6.10 Å². The molecule has 1 heterocycles. The van der Waals surface area contributed by atoms with Crippen molar-refractivity contribution in [1.29, 1.82) is 0 Å². The zero-order valence-corrected chi connectivity index (χ0v) is 9.16. The van der Waals surface area contributed by atoms with Gasteiger partial charge in [0, 0.05) is 17.8 Å². The van der Waals surface area contributed by atoms with Crippen molar-refractivity contribution in [3.63, 3.8) is 0 Å². The zero-order chi connectivity index (χ0) is 11.3. The Morgan fingerprint density at radius 1 is 1.73 bits per heavy atom. The number of carbonyl (C=O) groups excluding carboxylic acids is 1. The minimum atomic E-state index is -0.419. The summed E-state index contributed by atoms with van der Waals surface area (Å²) in [6, 6.07) is 3.10. The summed E-state index contributed by atoms with van der Waals surface area (Å²) in [6.07, 6.45) is 1.58. The van der Waals surface area contributed by atoms with Crippen molar-refractivity contribution in [2.45, 2.75) is 19.4 Å². The van der Waals surface area contributed by atoms with E-state index in [9.17, 15) is 4.79 Å². The lowest BCUT2D eigenvalue weighted by Gasteiger charge is -2.06. The van der Waals surface area contributed by atoms with Gasteiger partial charge in [-0.25, -0.2) is 0 Å². The smallest absolute Gasteiger partial charge is 0.269 e. The molecule has 0 saturated carbocycles. The highest BCUT2D eigenvalue weighted by atomic mass is 35.5. The van der Waals surface area contributed by atoms with E-state index in [1.54, 1.807) is 13.0 Å². The number of aliphatic hydroxyl groups excluding tert-OH is 1. The van der Waals surface area contributed by atoms with Gasteiger partial charge in [-0.15, -0.1) is 0 Å². The highest BCUT2D eigenvalue weighted by Gasteiger charge is 2.06. The van der Waals surface area contributed by atoms with E-state index in [2.05, 4.69) is 10.3 Å². The fourth-order valence-corrected chi connectivity index (χ4v) is 1.17. The van der Waals surface area contributed by atoms with Crippen molar-refractivity contribution in [3.05, 3.63) is 29.0 Å². The SMILES string of the molecule is CC(O)CCNC(=O)c1cc(Cl)ccn1. The predicted octanol–water partition coefficient (Wildman–Crippen LogP) is 1.24. The number of nitrogens with one attached hydrogen (secondary N) is 1. The molecule has 1 aromatic rings. The Morgan fingerprint density at radius 2 is 2.47 bits per heavy atom. The molecule has 0 aliphatic rings. The van der Waals surface area contributed by atoms with Gasteiger partial charge in [-0.1, -0.05) is 11.6 Å². The molecule has 82 valence electrons. The van der Waals surface area contributed by atoms with Crippen LogP contribution in [-0.2, 0) is 0 Å². The van der Waals surface area contributed by atoms with Gasteiger partial charge >= 0.3 is 0 Å². The lowest BCUT2D eigenvalue weighted by atomic mass is 10.3. The van der Waals surface area contributed by atoms with Gasteiger partial charge in [-0.05, 0) is 25.5 Å². The Balaban J connectivity index is 2.47. The molecule has 2 N–H and O–H groups in total. The molecule has 0 saturated heterocycles. The molecule has 5 heteroatoms. The standard InChI is InChI=1S/C10H13ClN2O2/c1-7(14)2-4-13-10(15)9-6-8(11)3-5-12-9/h3,5-7,14H,2,4H2,1H3,(H,13,15). The first-order chi connectivity index (χ1) is 7.09. The van der Waals surface area contributed by atoms with Gasteiger partial charge < -0.3 is 10.4 Å². The van der Waals surface area contributed by atoms with Crippen LogP contribution in [0.25, 0.3) is 0 Å². The number of amides is 1. The molecule has 0 bridgehead atoms. The van der Waals surface area contributed by atoms with Gasteiger partial charge in [0.05, 0.1) is 6.10 Å². The lowest BCUT2D eigenvalue weighted by molar-refractivity contribution is 0.0940. The van der Waals surface area contributed by atoms with Gasteiger partial charge in [0.15, 0.2) is 0 Å². The average Bonchev–Trinajstić information content (AvgIpc) is 2.17. The third-order valence-electron chi connectivity index (χ3n) is 1.80. The van der Waals surface area contributed by atoms with Crippen molar-refractivity contribution in [3.8, 4) is 0 Å². The van der Waals surface area contributed by atoms with Crippen molar-refractivity contribution < 1.29 is 9.90 Å². The number of pyridine rings is 1. The van der Waals surface area contributed by atoms with Gasteiger partial charge in [0.1, 0.15) is 5.69 Å². The number of nitrogens with zero attached hydrogens (tertiary/aromatic N) is 1. The Morgan fingerprint density at radius 3 is 3.07 bits per heavy atom. The number of halogens is 1. The third kappa shape index (κ3) is 4.27. The molecule has 4 nitrogen and oxygen atoms in total. The van der Waals surface area contributed by atoms with E-state index in [0.717, 1.165) is 0 Å². The van der Waals surface area contributed by atoms with Crippen LogP contribution in [0.5, 0.6) is 0 Å². The quantitative estimate of drug-likeness (QED) is 0.815. The molecule has 15 heavy (non-hydrogen) atoms. The maximum absolute atomic E-state index is 11.5. The van der Waals surface area contributed by atoms with Crippen LogP contribution in [0, 0.1) is 0 Å². The van der Waals surface area contributed by atoms with Crippen molar-refractivity contribution in [1.82, 2.24) is 10.3 Å². The van der Waals surface area contributed by atoms with Gasteiger partial charge in [0.25, 0.3) is 5.91 Å². The van der Waals surface area contributed by atoms with Gasteiger partial charge in [-0.2, -0.15) is 0 Å². The second-order valence-electron chi connectivity index (χ2n) is 3.25. The Kier molecular flexibility index (Phi) is 4.52. The monoisotopic (exact) mass is 228 g/mol. The lowest BCUT2D eigenvalue weighted by Crippen LogP contribution is -2.27. The number of hydrogen-bond donors (Lipinski definition) is 2. The highest BCUT2D eigenvalue weighted by Crippen LogP contribution is 2.07. The highest BCUT2D eigenvalue weighted by molar-refractivity contribution is 6.30. The number of rotatable bonds is 4. The van der Waals surface area contributed by atoms with Gasteiger partial charge in [-0.3, -0.25) is 9.78 Å². The van der Waals surface area contributed by atoms with Crippen LogP contribution in [0.4, 0.5) is 0 Å². The fraction of sp³-hybridized carbons (Fsp3) is 0.400.